The van der Waals surface area contributed by atoms with Gasteiger partial charge in [0, 0.05) is 12.6 Å². The Kier molecular flexibility index (Phi) is 3.55. The van der Waals surface area contributed by atoms with Crippen molar-refractivity contribution in [2.24, 2.45) is 0 Å². The van der Waals surface area contributed by atoms with Crippen molar-refractivity contribution in [2.45, 2.75) is 13.3 Å². The number of hydrogen-bond donors (Lipinski definition) is 2. The maximum absolute atomic E-state index is 11.0. The Balaban J connectivity index is 1.90. The van der Waals surface area contributed by atoms with E-state index in [2.05, 4.69) is 46.5 Å². The standard InChI is InChI=1S/C13H15N3O/c1-10-3-2-4-11(7-10)5-6-14-12-8-13(17)16-9-15-12/h2-4,7-9H,5-6H2,1H3,(H2,14,15,16,17). The number of benzene rings is 1. The average molecular weight is 229 g/mol. The largest absolute Gasteiger partial charge is 0.370 e. The zero-order valence-electron chi connectivity index (χ0n) is 9.73. The van der Waals surface area contributed by atoms with Gasteiger partial charge in [-0.05, 0) is 18.9 Å². The van der Waals surface area contributed by atoms with Gasteiger partial charge in [-0.25, -0.2) is 4.98 Å². The zero-order chi connectivity index (χ0) is 12.1. The molecule has 17 heavy (non-hydrogen) atoms. The van der Waals surface area contributed by atoms with Crippen LogP contribution in [0.2, 0.25) is 0 Å². The van der Waals surface area contributed by atoms with E-state index in [1.165, 1.54) is 23.5 Å². The van der Waals surface area contributed by atoms with Gasteiger partial charge < -0.3 is 10.3 Å². The van der Waals surface area contributed by atoms with Crippen LogP contribution in [-0.2, 0) is 6.42 Å². The molecule has 1 heterocycles. The summed E-state index contributed by atoms with van der Waals surface area (Å²) in [5.74, 6) is 0.612. The predicted octanol–water partition coefficient (Wildman–Crippen LogP) is 1.73. The molecule has 0 amide bonds. The summed E-state index contributed by atoms with van der Waals surface area (Å²) in [4.78, 5) is 17.5. The van der Waals surface area contributed by atoms with Gasteiger partial charge in [-0.3, -0.25) is 4.79 Å². The first-order valence-electron chi connectivity index (χ1n) is 5.58. The fourth-order valence-electron chi connectivity index (χ4n) is 1.67. The van der Waals surface area contributed by atoms with Gasteiger partial charge in [-0.1, -0.05) is 29.8 Å². The Hall–Kier alpha value is -2.10. The third kappa shape index (κ3) is 3.45. The van der Waals surface area contributed by atoms with Crippen molar-refractivity contribution >= 4 is 5.82 Å². The van der Waals surface area contributed by atoms with Crippen LogP contribution < -0.4 is 10.9 Å². The number of nitrogens with zero attached hydrogens (tertiary/aromatic N) is 1. The van der Waals surface area contributed by atoms with Crippen molar-refractivity contribution in [1.29, 1.82) is 0 Å². The number of rotatable bonds is 4. The van der Waals surface area contributed by atoms with E-state index in [4.69, 9.17) is 0 Å². The molecule has 0 aliphatic carbocycles. The molecule has 0 atom stereocenters. The Morgan fingerprint density at radius 3 is 3.00 bits per heavy atom. The first-order valence-corrected chi connectivity index (χ1v) is 5.58. The highest BCUT2D eigenvalue weighted by Crippen LogP contribution is 2.05. The molecule has 2 N–H and O–H groups in total. The number of hydrogen-bond acceptors (Lipinski definition) is 3. The Morgan fingerprint density at radius 2 is 2.24 bits per heavy atom. The van der Waals surface area contributed by atoms with Crippen LogP contribution in [0, 0.1) is 6.92 Å². The van der Waals surface area contributed by atoms with Gasteiger partial charge in [0.05, 0.1) is 6.33 Å². The molecule has 0 fully saturated rings. The third-order valence-corrected chi connectivity index (χ3v) is 2.48. The van der Waals surface area contributed by atoms with E-state index in [0.29, 0.717) is 5.82 Å². The predicted molar refractivity (Wildman–Crippen MR) is 68.2 cm³/mol. The number of aryl methyl sites for hydroxylation is 1. The molecule has 0 unspecified atom stereocenters. The molecule has 0 saturated heterocycles. The minimum absolute atomic E-state index is 0.141. The minimum Gasteiger partial charge on any atom is -0.370 e. The van der Waals surface area contributed by atoms with Crippen LogP contribution in [0.25, 0.3) is 0 Å². The van der Waals surface area contributed by atoms with Crippen LogP contribution in [0.15, 0.2) is 41.5 Å². The summed E-state index contributed by atoms with van der Waals surface area (Å²) in [6, 6.07) is 9.84. The topological polar surface area (TPSA) is 57.8 Å². The number of aromatic nitrogens is 2. The van der Waals surface area contributed by atoms with Crippen LogP contribution in [-0.4, -0.2) is 16.5 Å². The first kappa shape index (κ1) is 11.4. The molecular formula is C13H15N3O. The second-order valence-electron chi connectivity index (χ2n) is 3.96. The Bertz CT molecular complexity index is 548. The SMILES string of the molecule is Cc1cccc(CCNc2cc(=O)[nH]cn2)c1. The van der Waals surface area contributed by atoms with E-state index in [1.807, 2.05) is 0 Å². The fraction of sp³-hybridized carbons (Fsp3) is 0.231. The molecule has 88 valence electrons. The lowest BCUT2D eigenvalue weighted by atomic mass is 10.1. The maximum Gasteiger partial charge on any atom is 0.252 e. The molecule has 0 spiro atoms. The molecule has 1 aromatic carbocycles. The summed E-state index contributed by atoms with van der Waals surface area (Å²) in [7, 11) is 0. The molecule has 0 radical (unpaired) electrons. The lowest BCUT2D eigenvalue weighted by Gasteiger charge is -2.05. The average Bonchev–Trinajstić information content (AvgIpc) is 2.29. The number of aromatic amines is 1. The van der Waals surface area contributed by atoms with Gasteiger partial charge in [-0.2, -0.15) is 0 Å². The van der Waals surface area contributed by atoms with Crippen LogP contribution in [0.5, 0.6) is 0 Å². The molecule has 0 bridgehead atoms. The van der Waals surface area contributed by atoms with Crippen molar-refractivity contribution in [2.75, 3.05) is 11.9 Å². The summed E-state index contributed by atoms with van der Waals surface area (Å²) < 4.78 is 0. The molecule has 4 heteroatoms. The molecule has 0 aliphatic heterocycles. The van der Waals surface area contributed by atoms with Crippen molar-refractivity contribution in [3.8, 4) is 0 Å². The summed E-state index contributed by atoms with van der Waals surface area (Å²) >= 11 is 0. The molecule has 0 aliphatic rings. The highest BCUT2D eigenvalue weighted by atomic mass is 16.1. The second-order valence-corrected chi connectivity index (χ2v) is 3.96. The normalized spacial score (nSPS) is 10.2. The lowest BCUT2D eigenvalue weighted by Crippen LogP contribution is -2.11. The molecule has 4 nitrogen and oxygen atoms in total. The second kappa shape index (κ2) is 5.30. The quantitative estimate of drug-likeness (QED) is 0.839. The maximum atomic E-state index is 11.0. The Labute approximate surface area is 99.7 Å². The van der Waals surface area contributed by atoms with E-state index < -0.39 is 0 Å². The van der Waals surface area contributed by atoms with Crippen LogP contribution in [0.4, 0.5) is 5.82 Å². The van der Waals surface area contributed by atoms with E-state index >= 15 is 0 Å². The van der Waals surface area contributed by atoms with Gasteiger partial charge >= 0.3 is 0 Å². The van der Waals surface area contributed by atoms with Gasteiger partial charge in [0.1, 0.15) is 5.82 Å². The minimum atomic E-state index is -0.141. The summed E-state index contributed by atoms with van der Waals surface area (Å²) in [5, 5.41) is 3.12. The number of anilines is 1. The van der Waals surface area contributed by atoms with Crippen molar-refractivity contribution in [3.05, 3.63) is 58.1 Å². The molecular weight excluding hydrogens is 214 g/mol. The van der Waals surface area contributed by atoms with Crippen LogP contribution >= 0.6 is 0 Å². The third-order valence-electron chi connectivity index (χ3n) is 2.48. The summed E-state index contributed by atoms with van der Waals surface area (Å²) in [5.41, 5.74) is 2.40. The van der Waals surface area contributed by atoms with Gasteiger partial charge in [0.15, 0.2) is 0 Å². The fourth-order valence-corrected chi connectivity index (χ4v) is 1.67. The van der Waals surface area contributed by atoms with Crippen molar-refractivity contribution in [3.63, 3.8) is 0 Å². The molecule has 1 aromatic heterocycles. The summed E-state index contributed by atoms with van der Waals surface area (Å²) in [6.45, 7) is 2.84. The van der Waals surface area contributed by atoms with Crippen molar-refractivity contribution in [1.82, 2.24) is 9.97 Å². The van der Waals surface area contributed by atoms with Crippen LogP contribution in [0.1, 0.15) is 11.1 Å². The van der Waals surface area contributed by atoms with Gasteiger partial charge in [0.2, 0.25) is 0 Å². The van der Waals surface area contributed by atoms with E-state index in [9.17, 15) is 4.79 Å². The monoisotopic (exact) mass is 229 g/mol. The zero-order valence-corrected chi connectivity index (χ0v) is 9.73. The lowest BCUT2D eigenvalue weighted by molar-refractivity contribution is 0.992. The highest BCUT2D eigenvalue weighted by Gasteiger charge is 1.96. The smallest absolute Gasteiger partial charge is 0.252 e. The van der Waals surface area contributed by atoms with Gasteiger partial charge in [0.25, 0.3) is 5.56 Å². The molecule has 2 aromatic rings. The van der Waals surface area contributed by atoms with Crippen molar-refractivity contribution < 1.29 is 0 Å². The van der Waals surface area contributed by atoms with E-state index in [-0.39, 0.29) is 5.56 Å². The van der Waals surface area contributed by atoms with Crippen LogP contribution in [0.3, 0.4) is 0 Å². The Morgan fingerprint density at radius 1 is 1.35 bits per heavy atom. The summed E-state index contributed by atoms with van der Waals surface area (Å²) in [6.07, 6.45) is 2.31. The molecule has 0 saturated carbocycles. The van der Waals surface area contributed by atoms with E-state index in [1.54, 1.807) is 0 Å². The number of H-pyrrole nitrogens is 1. The number of nitrogens with one attached hydrogen (secondary N) is 2. The first-order chi connectivity index (χ1) is 8.24. The molecule has 2 rings (SSSR count). The van der Waals surface area contributed by atoms with Gasteiger partial charge in [-0.15, -0.1) is 0 Å². The van der Waals surface area contributed by atoms with E-state index in [0.717, 1.165) is 13.0 Å². The highest BCUT2D eigenvalue weighted by molar-refractivity contribution is 5.32.